The van der Waals surface area contributed by atoms with E-state index in [4.69, 9.17) is 10.5 Å². The maximum atomic E-state index is 11.3. The Bertz CT molecular complexity index is 419. The van der Waals surface area contributed by atoms with Gasteiger partial charge in [0.1, 0.15) is 0 Å². The van der Waals surface area contributed by atoms with Crippen LogP contribution >= 0.6 is 0 Å². The Balaban J connectivity index is 2.44. The molecule has 1 aromatic carbocycles. The van der Waals surface area contributed by atoms with E-state index in [-0.39, 0.29) is 0 Å². The van der Waals surface area contributed by atoms with Crippen LogP contribution in [0, 0.1) is 5.92 Å². The summed E-state index contributed by atoms with van der Waals surface area (Å²) in [6.45, 7) is 6.26. The zero-order valence-electron chi connectivity index (χ0n) is 11.7. The van der Waals surface area contributed by atoms with E-state index in [9.17, 15) is 4.79 Å². The molecule has 5 nitrogen and oxygen atoms in total. The molecular formula is C14H22N2O3. The van der Waals surface area contributed by atoms with Gasteiger partial charge in [-0.1, -0.05) is 13.8 Å². The highest BCUT2D eigenvalue weighted by molar-refractivity contribution is 5.91. The second-order valence-electron chi connectivity index (χ2n) is 4.69. The third kappa shape index (κ3) is 5.18. The molecule has 0 atom stereocenters. The van der Waals surface area contributed by atoms with E-state index in [0.717, 1.165) is 12.3 Å². The highest BCUT2D eigenvalue weighted by Crippen LogP contribution is 2.20. The number of nitrogen functional groups attached to an aromatic ring is 1. The van der Waals surface area contributed by atoms with Crippen LogP contribution in [0.1, 0.15) is 24.2 Å². The molecule has 1 rings (SSSR count). The average Bonchev–Trinajstić information content (AvgIpc) is 2.38. The minimum atomic E-state index is -0.390. The van der Waals surface area contributed by atoms with E-state index in [1.807, 2.05) is 0 Å². The number of nitrogens with one attached hydrogen (secondary N) is 1. The molecule has 0 saturated carbocycles. The molecule has 0 fully saturated rings. The molecule has 3 N–H and O–H groups in total. The predicted molar refractivity (Wildman–Crippen MR) is 76.3 cm³/mol. The highest BCUT2D eigenvalue weighted by Gasteiger charge is 2.07. The van der Waals surface area contributed by atoms with Gasteiger partial charge >= 0.3 is 5.97 Å². The number of hydrogen-bond acceptors (Lipinski definition) is 5. The van der Waals surface area contributed by atoms with Crippen molar-refractivity contribution in [2.24, 2.45) is 5.92 Å². The average molecular weight is 266 g/mol. The minimum absolute atomic E-state index is 0.390. The topological polar surface area (TPSA) is 73.6 Å². The standard InChI is InChI=1S/C14H22N2O3/c1-10(2)9-19-7-6-16-13-5-4-11(8-12(13)15)14(17)18-3/h4-5,8,10,16H,6-7,9,15H2,1-3H3. The monoisotopic (exact) mass is 266 g/mol. The highest BCUT2D eigenvalue weighted by atomic mass is 16.5. The van der Waals surface area contributed by atoms with Crippen molar-refractivity contribution < 1.29 is 14.3 Å². The van der Waals surface area contributed by atoms with E-state index in [2.05, 4.69) is 23.9 Å². The zero-order chi connectivity index (χ0) is 14.3. The summed E-state index contributed by atoms with van der Waals surface area (Å²) in [5.41, 5.74) is 7.62. The number of carbonyl (C=O) groups excluding carboxylic acids is 1. The first kappa shape index (κ1) is 15.3. The van der Waals surface area contributed by atoms with Crippen LogP contribution in [0.25, 0.3) is 0 Å². The van der Waals surface area contributed by atoms with Gasteiger partial charge in [0.2, 0.25) is 0 Å². The molecule has 0 spiro atoms. The van der Waals surface area contributed by atoms with Crippen LogP contribution in [0.5, 0.6) is 0 Å². The van der Waals surface area contributed by atoms with Crippen molar-refractivity contribution in [2.45, 2.75) is 13.8 Å². The summed E-state index contributed by atoms with van der Waals surface area (Å²) in [6.07, 6.45) is 0. The first-order valence-electron chi connectivity index (χ1n) is 6.34. The summed E-state index contributed by atoms with van der Waals surface area (Å²) in [4.78, 5) is 11.3. The van der Waals surface area contributed by atoms with Crippen molar-refractivity contribution in [3.05, 3.63) is 23.8 Å². The lowest BCUT2D eigenvalue weighted by atomic mass is 10.1. The molecule has 1 aromatic rings. The van der Waals surface area contributed by atoms with Gasteiger partial charge in [-0.3, -0.25) is 0 Å². The number of rotatable bonds is 7. The number of methoxy groups -OCH3 is 1. The summed E-state index contributed by atoms with van der Waals surface area (Å²) in [7, 11) is 1.34. The minimum Gasteiger partial charge on any atom is -0.465 e. The number of anilines is 2. The molecule has 0 heterocycles. The van der Waals surface area contributed by atoms with Crippen molar-refractivity contribution in [3.8, 4) is 0 Å². The summed E-state index contributed by atoms with van der Waals surface area (Å²) >= 11 is 0. The Morgan fingerprint density at radius 1 is 1.42 bits per heavy atom. The van der Waals surface area contributed by atoms with Gasteiger partial charge in [-0.25, -0.2) is 4.79 Å². The van der Waals surface area contributed by atoms with Gasteiger partial charge in [-0.05, 0) is 24.1 Å². The van der Waals surface area contributed by atoms with Crippen molar-refractivity contribution in [2.75, 3.05) is 37.9 Å². The molecule has 0 aliphatic heterocycles. The van der Waals surface area contributed by atoms with E-state index in [0.29, 0.717) is 30.3 Å². The van der Waals surface area contributed by atoms with Crippen LogP contribution in [0.15, 0.2) is 18.2 Å². The Hall–Kier alpha value is -1.75. The predicted octanol–water partition coefficient (Wildman–Crippen LogP) is 2.14. The molecule has 106 valence electrons. The van der Waals surface area contributed by atoms with Gasteiger partial charge in [-0.15, -0.1) is 0 Å². The van der Waals surface area contributed by atoms with Crippen molar-refractivity contribution >= 4 is 17.3 Å². The van der Waals surface area contributed by atoms with Gasteiger partial charge in [-0.2, -0.15) is 0 Å². The van der Waals surface area contributed by atoms with Crippen molar-refractivity contribution in [3.63, 3.8) is 0 Å². The van der Waals surface area contributed by atoms with Crippen molar-refractivity contribution in [1.29, 1.82) is 0 Å². The van der Waals surface area contributed by atoms with Gasteiger partial charge in [0, 0.05) is 13.2 Å². The molecular weight excluding hydrogens is 244 g/mol. The molecule has 0 amide bonds. The number of carbonyl (C=O) groups is 1. The molecule has 0 aliphatic rings. The molecule has 0 radical (unpaired) electrons. The van der Waals surface area contributed by atoms with Crippen LogP contribution in [0.4, 0.5) is 11.4 Å². The molecule has 0 aliphatic carbocycles. The van der Waals surface area contributed by atoms with Crippen molar-refractivity contribution in [1.82, 2.24) is 0 Å². The maximum absolute atomic E-state index is 11.3. The second-order valence-corrected chi connectivity index (χ2v) is 4.69. The van der Waals surface area contributed by atoms with Gasteiger partial charge < -0.3 is 20.5 Å². The van der Waals surface area contributed by atoms with Gasteiger partial charge in [0.25, 0.3) is 0 Å². The summed E-state index contributed by atoms with van der Waals surface area (Å²) in [5.74, 6) is 0.142. The molecule has 19 heavy (non-hydrogen) atoms. The molecule has 0 aromatic heterocycles. The van der Waals surface area contributed by atoms with Gasteiger partial charge in [0.05, 0.1) is 30.7 Å². The summed E-state index contributed by atoms with van der Waals surface area (Å²) in [5, 5.41) is 3.17. The fourth-order valence-electron chi connectivity index (χ4n) is 1.55. The Kier molecular flexibility index (Phi) is 6.15. The third-order valence-corrected chi connectivity index (χ3v) is 2.49. The van der Waals surface area contributed by atoms with E-state index >= 15 is 0 Å². The second kappa shape index (κ2) is 7.63. The number of benzene rings is 1. The molecule has 0 bridgehead atoms. The maximum Gasteiger partial charge on any atom is 0.337 e. The number of esters is 1. The first-order chi connectivity index (χ1) is 9.04. The van der Waals surface area contributed by atoms with Crippen LogP contribution in [0.3, 0.4) is 0 Å². The lowest BCUT2D eigenvalue weighted by molar-refractivity contribution is 0.0601. The Labute approximate surface area is 114 Å². The summed E-state index contributed by atoms with van der Waals surface area (Å²) in [6, 6.07) is 5.05. The fourth-order valence-corrected chi connectivity index (χ4v) is 1.55. The van der Waals surface area contributed by atoms with Crippen LogP contribution in [-0.4, -0.2) is 32.8 Å². The first-order valence-corrected chi connectivity index (χ1v) is 6.34. The molecule has 0 unspecified atom stereocenters. The SMILES string of the molecule is COC(=O)c1ccc(NCCOCC(C)C)c(N)c1. The van der Waals surface area contributed by atoms with Gasteiger partial charge in [0.15, 0.2) is 0 Å². The largest absolute Gasteiger partial charge is 0.465 e. The van der Waals surface area contributed by atoms with Crippen LogP contribution in [-0.2, 0) is 9.47 Å². The lowest BCUT2D eigenvalue weighted by Crippen LogP contribution is -2.13. The van der Waals surface area contributed by atoms with Crippen LogP contribution in [0.2, 0.25) is 0 Å². The normalized spacial score (nSPS) is 10.5. The molecule has 0 saturated heterocycles. The van der Waals surface area contributed by atoms with E-state index in [1.165, 1.54) is 7.11 Å². The van der Waals surface area contributed by atoms with Crippen LogP contribution < -0.4 is 11.1 Å². The Morgan fingerprint density at radius 2 is 2.16 bits per heavy atom. The van der Waals surface area contributed by atoms with E-state index < -0.39 is 5.97 Å². The number of hydrogen-bond donors (Lipinski definition) is 2. The third-order valence-electron chi connectivity index (χ3n) is 2.49. The molecule has 5 heteroatoms. The number of ether oxygens (including phenoxy) is 2. The number of nitrogens with two attached hydrogens (primary N) is 1. The quantitative estimate of drug-likeness (QED) is 0.449. The fraction of sp³-hybridized carbons (Fsp3) is 0.500. The Morgan fingerprint density at radius 3 is 2.74 bits per heavy atom. The zero-order valence-corrected chi connectivity index (χ0v) is 11.7. The smallest absolute Gasteiger partial charge is 0.337 e. The van der Waals surface area contributed by atoms with E-state index in [1.54, 1.807) is 18.2 Å². The summed E-state index contributed by atoms with van der Waals surface area (Å²) < 4.78 is 10.1. The lowest BCUT2D eigenvalue weighted by Gasteiger charge is -2.11.